The third kappa shape index (κ3) is 2.01. The molecule has 0 aromatic carbocycles. The molecule has 1 amide bonds. The van der Waals surface area contributed by atoms with Crippen LogP contribution >= 0.6 is 0 Å². The van der Waals surface area contributed by atoms with E-state index in [1.165, 1.54) is 6.07 Å². The van der Waals surface area contributed by atoms with Gasteiger partial charge in [-0.3, -0.25) is 9.20 Å². The second kappa shape index (κ2) is 4.77. The zero-order valence-electron chi connectivity index (χ0n) is 14.1. The third-order valence-corrected chi connectivity index (χ3v) is 5.42. The Morgan fingerprint density at radius 3 is 3.00 bits per heavy atom. The largest absolute Gasteiger partial charge is 0.344 e. The highest BCUT2D eigenvalue weighted by atomic mass is 19.1. The lowest BCUT2D eigenvalue weighted by atomic mass is 10.0. The van der Waals surface area contributed by atoms with Crippen molar-refractivity contribution in [2.24, 2.45) is 17.6 Å². The van der Waals surface area contributed by atoms with E-state index in [2.05, 4.69) is 15.6 Å². The number of halogens is 1. The monoisotopic (exact) mass is 331 g/mol. The number of hydrogen-bond donors (Lipinski definition) is 3. The molecule has 2 aromatic rings. The van der Waals surface area contributed by atoms with Crippen molar-refractivity contribution in [2.45, 2.75) is 31.8 Å². The molecule has 0 spiro atoms. The SMILES string of the molecule is Cc1nc(C(C)(C)NC(=O)[C@H]2[C@@H]3CNC[C@@]32N)n2cccc(F)c12. The maximum absolute atomic E-state index is 14.1. The molecule has 0 bridgehead atoms. The van der Waals surface area contributed by atoms with Gasteiger partial charge < -0.3 is 16.4 Å². The summed E-state index contributed by atoms with van der Waals surface area (Å²) in [7, 11) is 0. The molecule has 1 saturated heterocycles. The fraction of sp³-hybridized carbons (Fsp3) is 0.529. The molecule has 6 nitrogen and oxygen atoms in total. The van der Waals surface area contributed by atoms with E-state index in [0.29, 0.717) is 23.6 Å². The van der Waals surface area contributed by atoms with Crippen LogP contribution in [0.3, 0.4) is 0 Å². The Labute approximate surface area is 139 Å². The number of fused-ring (bicyclic) bond motifs is 2. The molecule has 2 aromatic heterocycles. The molecule has 1 aliphatic carbocycles. The van der Waals surface area contributed by atoms with Crippen molar-refractivity contribution in [2.75, 3.05) is 13.1 Å². The van der Waals surface area contributed by atoms with E-state index in [1.54, 1.807) is 23.6 Å². The molecule has 4 rings (SSSR count). The number of hydrogen-bond acceptors (Lipinski definition) is 4. The van der Waals surface area contributed by atoms with Gasteiger partial charge in [0.25, 0.3) is 0 Å². The van der Waals surface area contributed by atoms with Crippen LogP contribution in [0.15, 0.2) is 18.3 Å². The van der Waals surface area contributed by atoms with Gasteiger partial charge >= 0.3 is 0 Å². The number of nitrogens with one attached hydrogen (secondary N) is 2. The minimum absolute atomic E-state index is 0.0557. The first-order valence-electron chi connectivity index (χ1n) is 8.21. The summed E-state index contributed by atoms with van der Waals surface area (Å²) in [6.07, 6.45) is 1.77. The summed E-state index contributed by atoms with van der Waals surface area (Å²) < 4.78 is 15.8. The highest BCUT2D eigenvalue weighted by Gasteiger charge is 2.68. The van der Waals surface area contributed by atoms with Crippen molar-refractivity contribution >= 4 is 11.4 Å². The van der Waals surface area contributed by atoms with Gasteiger partial charge in [-0.2, -0.15) is 0 Å². The maximum atomic E-state index is 14.1. The van der Waals surface area contributed by atoms with E-state index in [4.69, 9.17) is 5.73 Å². The van der Waals surface area contributed by atoms with Crippen molar-refractivity contribution in [3.8, 4) is 0 Å². The molecular weight excluding hydrogens is 309 g/mol. The number of amides is 1. The lowest BCUT2D eigenvalue weighted by Crippen LogP contribution is -2.46. The quantitative estimate of drug-likeness (QED) is 0.772. The highest BCUT2D eigenvalue weighted by molar-refractivity contribution is 5.85. The number of carbonyl (C=O) groups excluding carboxylic acids is 1. The molecule has 4 N–H and O–H groups in total. The predicted octanol–water partition coefficient (Wildman–Crippen LogP) is 0.680. The van der Waals surface area contributed by atoms with Gasteiger partial charge in [-0.05, 0) is 32.9 Å². The predicted molar refractivity (Wildman–Crippen MR) is 87.8 cm³/mol. The molecular formula is C17H22FN5O. The van der Waals surface area contributed by atoms with E-state index in [9.17, 15) is 9.18 Å². The van der Waals surface area contributed by atoms with Crippen molar-refractivity contribution in [1.29, 1.82) is 0 Å². The number of piperidine rings is 1. The van der Waals surface area contributed by atoms with Crippen molar-refractivity contribution in [1.82, 2.24) is 20.0 Å². The summed E-state index contributed by atoms with van der Waals surface area (Å²) in [6, 6.07) is 3.05. The molecule has 1 saturated carbocycles. The first-order valence-corrected chi connectivity index (χ1v) is 8.21. The van der Waals surface area contributed by atoms with Crippen LogP contribution in [-0.2, 0) is 10.3 Å². The lowest BCUT2D eigenvalue weighted by Gasteiger charge is -2.26. The van der Waals surface area contributed by atoms with E-state index < -0.39 is 11.1 Å². The molecule has 3 heterocycles. The minimum atomic E-state index is -0.733. The van der Waals surface area contributed by atoms with Gasteiger partial charge in [-0.15, -0.1) is 0 Å². The van der Waals surface area contributed by atoms with Crippen LogP contribution in [0.2, 0.25) is 0 Å². The lowest BCUT2D eigenvalue weighted by molar-refractivity contribution is -0.124. The smallest absolute Gasteiger partial charge is 0.226 e. The fourth-order valence-electron chi connectivity index (χ4n) is 4.11. The van der Waals surface area contributed by atoms with Gasteiger partial charge in [0.2, 0.25) is 5.91 Å². The van der Waals surface area contributed by atoms with Gasteiger partial charge in [0, 0.05) is 30.7 Å². The van der Waals surface area contributed by atoms with Crippen LogP contribution < -0.4 is 16.4 Å². The number of aromatic nitrogens is 2. The Bertz CT molecular complexity index is 845. The number of pyridine rings is 1. The second-order valence-electron chi connectivity index (χ2n) is 7.54. The van der Waals surface area contributed by atoms with Gasteiger partial charge in [-0.1, -0.05) is 0 Å². The molecule has 0 unspecified atom stereocenters. The van der Waals surface area contributed by atoms with Gasteiger partial charge in [0.05, 0.1) is 17.2 Å². The normalized spacial score (nSPS) is 28.9. The summed E-state index contributed by atoms with van der Waals surface area (Å²) >= 11 is 0. The van der Waals surface area contributed by atoms with E-state index >= 15 is 0 Å². The first-order chi connectivity index (χ1) is 11.3. The molecule has 0 radical (unpaired) electrons. The summed E-state index contributed by atoms with van der Waals surface area (Å²) in [5.74, 6) is 0.267. The Morgan fingerprint density at radius 1 is 1.58 bits per heavy atom. The van der Waals surface area contributed by atoms with Crippen molar-refractivity contribution in [3.63, 3.8) is 0 Å². The van der Waals surface area contributed by atoms with Crippen LogP contribution in [-0.4, -0.2) is 33.9 Å². The molecule has 3 atom stereocenters. The number of imidazole rings is 1. The van der Waals surface area contributed by atoms with Crippen molar-refractivity contribution in [3.05, 3.63) is 35.7 Å². The van der Waals surface area contributed by atoms with Crippen LogP contribution in [0.1, 0.15) is 25.4 Å². The van der Waals surface area contributed by atoms with Crippen LogP contribution in [0.4, 0.5) is 4.39 Å². The maximum Gasteiger partial charge on any atom is 0.226 e. The highest BCUT2D eigenvalue weighted by Crippen LogP contribution is 2.51. The summed E-state index contributed by atoms with van der Waals surface area (Å²) in [6.45, 7) is 6.98. The van der Waals surface area contributed by atoms with Crippen molar-refractivity contribution < 1.29 is 9.18 Å². The number of nitrogens with zero attached hydrogens (tertiary/aromatic N) is 2. The van der Waals surface area contributed by atoms with E-state index in [1.807, 2.05) is 13.8 Å². The molecule has 2 aliphatic rings. The Hall–Kier alpha value is -1.99. The molecule has 24 heavy (non-hydrogen) atoms. The fourth-order valence-corrected chi connectivity index (χ4v) is 4.11. The Balaban J connectivity index is 1.64. The second-order valence-corrected chi connectivity index (χ2v) is 7.54. The van der Waals surface area contributed by atoms with Crippen LogP contribution in [0.5, 0.6) is 0 Å². The molecule has 128 valence electrons. The van der Waals surface area contributed by atoms with Gasteiger partial charge in [0.1, 0.15) is 17.2 Å². The number of carbonyl (C=O) groups is 1. The van der Waals surface area contributed by atoms with Crippen LogP contribution in [0, 0.1) is 24.6 Å². The van der Waals surface area contributed by atoms with Crippen LogP contribution in [0.25, 0.3) is 5.52 Å². The summed E-state index contributed by atoms with van der Waals surface area (Å²) in [5, 5.41) is 6.27. The third-order valence-electron chi connectivity index (χ3n) is 5.42. The Morgan fingerprint density at radius 2 is 2.33 bits per heavy atom. The van der Waals surface area contributed by atoms with Gasteiger partial charge in [0.15, 0.2) is 0 Å². The molecule has 2 fully saturated rings. The minimum Gasteiger partial charge on any atom is -0.344 e. The standard InChI is InChI=1S/C17H22FN5O/c1-9-13-11(18)5-4-6-23(13)15(21-9)16(2,3)22-14(24)12-10-7-20-8-17(10,12)19/h4-6,10,12,20H,7-8,19H2,1-3H3,(H,22,24)/t10-,12+,17+/m0/s1. The average Bonchev–Trinajstić information content (AvgIpc) is 2.79. The molecule has 1 aliphatic heterocycles. The zero-order valence-corrected chi connectivity index (χ0v) is 14.1. The average molecular weight is 331 g/mol. The molecule has 7 heteroatoms. The first kappa shape index (κ1) is 15.5. The van der Waals surface area contributed by atoms with E-state index in [-0.39, 0.29) is 23.6 Å². The summed E-state index contributed by atoms with van der Waals surface area (Å²) in [5.41, 5.74) is 6.17. The number of nitrogens with two attached hydrogens (primary N) is 1. The van der Waals surface area contributed by atoms with Gasteiger partial charge in [-0.25, -0.2) is 9.37 Å². The topological polar surface area (TPSA) is 84.5 Å². The Kier molecular flexibility index (Phi) is 3.08. The van der Waals surface area contributed by atoms with E-state index in [0.717, 1.165) is 6.54 Å². The summed E-state index contributed by atoms with van der Waals surface area (Å²) in [4.78, 5) is 17.2. The number of aryl methyl sites for hydroxylation is 1. The number of rotatable bonds is 3. The zero-order chi connectivity index (χ0) is 17.3.